The van der Waals surface area contributed by atoms with Gasteiger partial charge in [-0.3, -0.25) is 16.3 Å². The first-order chi connectivity index (χ1) is 9.76. The van der Waals surface area contributed by atoms with Gasteiger partial charge in [-0.15, -0.1) is 0 Å². The standard InChI is InChI=1S/C15H25N3O2/c1-3-19-13-5-11(6-13)7-15(18-16)12-8-14(20-4-2)10-17-9-12/h8-11,13,15,18H,3-7,16H2,1-2H3. The molecule has 1 heterocycles. The van der Waals surface area contributed by atoms with Gasteiger partial charge < -0.3 is 9.47 Å². The molecule has 0 saturated heterocycles. The molecule has 0 spiro atoms. The molecule has 0 amide bonds. The second-order valence-corrected chi connectivity index (χ2v) is 5.26. The third-order valence-corrected chi connectivity index (χ3v) is 3.81. The van der Waals surface area contributed by atoms with Crippen LogP contribution in [0.25, 0.3) is 0 Å². The number of hydrazine groups is 1. The summed E-state index contributed by atoms with van der Waals surface area (Å²) in [7, 11) is 0. The number of rotatable bonds is 8. The molecule has 0 radical (unpaired) electrons. The number of nitrogens with zero attached hydrogens (tertiary/aromatic N) is 1. The Morgan fingerprint density at radius 1 is 1.35 bits per heavy atom. The van der Waals surface area contributed by atoms with Crippen LogP contribution in [0.15, 0.2) is 18.5 Å². The lowest BCUT2D eigenvalue weighted by atomic mass is 9.77. The third-order valence-electron chi connectivity index (χ3n) is 3.81. The summed E-state index contributed by atoms with van der Waals surface area (Å²) in [6.45, 7) is 5.46. The van der Waals surface area contributed by atoms with Crippen LogP contribution >= 0.6 is 0 Å². The van der Waals surface area contributed by atoms with Gasteiger partial charge in [0.05, 0.1) is 18.9 Å². The van der Waals surface area contributed by atoms with Crippen LogP contribution in [-0.2, 0) is 4.74 Å². The average Bonchev–Trinajstić information content (AvgIpc) is 2.42. The summed E-state index contributed by atoms with van der Waals surface area (Å²) in [5.74, 6) is 7.17. The van der Waals surface area contributed by atoms with Gasteiger partial charge in [0.2, 0.25) is 0 Å². The quantitative estimate of drug-likeness (QED) is 0.564. The zero-order valence-corrected chi connectivity index (χ0v) is 12.3. The summed E-state index contributed by atoms with van der Waals surface area (Å²) in [6, 6.07) is 2.13. The lowest BCUT2D eigenvalue weighted by Gasteiger charge is -2.37. The molecular weight excluding hydrogens is 254 g/mol. The van der Waals surface area contributed by atoms with Crippen molar-refractivity contribution in [2.24, 2.45) is 11.8 Å². The Hall–Kier alpha value is -1.17. The van der Waals surface area contributed by atoms with Crippen molar-refractivity contribution >= 4 is 0 Å². The van der Waals surface area contributed by atoms with Gasteiger partial charge in [0.1, 0.15) is 5.75 Å². The summed E-state index contributed by atoms with van der Waals surface area (Å²) in [6.07, 6.45) is 7.30. The van der Waals surface area contributed by atoms with Crippen LogP contribution in [-0.4, -0.2) is 24.3 Å². The molecule has 0 aliphatic heterocycles. The van der Waals surface area contributed by atoms with Gasteiger partial charge in [-0.2, -0.15) is 0 Å². The van der Waals surface area contributed by atoms with E-state index in [2.05, 4.69) is 10.4 Å². The van der Waals surface area contributed by atoms with Gasteiger partial charge in [0.15, 0.2) is 0 Å². The second kappa shape index (κ2) is 7.57. The molecule has 1 atom stereocenters. The third kappa shape index (κ3) is 3.91. The number of hydrogen-bond donors (Lipinski definition) is 2. The smallest absolute Gasteiger partial charge is 0.137 e. The molecule has 5 nitrogen and oxygen atoms in total. The van der Waals surface area contributed by atoms with Crippen molar-refractivity contribution in [2.75, 3.05) is 13.2 Å². The summed E-state index contributed by atoms with van der Waals surface area (Å²) >= 11 is 0. The number of nitrogens with two attached hydrogens (primary N) is 1. The fraction of sp³-hybridized carbons (Fsp3) is 0.667. The van der Waals surface area contributed by atoms with Crippen LogP contribution in [0.5, 0.6) is 5.75 Å². The van der Waals surface area contributed by atoms with Gasteiger partial charge in [0, 0.05) is 18.8 Å². The van der Waals surface area contributed by atoms with E-state index in [1.807, 2.05) is 26.1 Å². The van der Waals surface area contributed by atoms with Gasteiger partial charge >= 0.3 is 0 Å². The first-order valence-corrected chi connectivity index (χ1v) is 7.42. The van der Waals surface area contributed by atoms with E-state index in [4.69, 9.17) is 15.3 Å². The molecule has 20 heavy (non-hydrogen) atoms. The molecule has 2 rings (SSSR count). The highest BCUT2D eigenvalue weighted by Gasteiger charge is 2.31. The van der Waals surface area contributed by atoms with Crippen LogP contribution in [0.1, 0.15) is 44.7 Å². The van der Waals surface area contributed by atoms with E-state index >= 15 is 0 Å². The Balaban J connectivity index is 1.90. The first-order valence-electron chi connectivity index (χ1n) is 7.42. The molecule has 0 aromatic carbocycles. The van der Waals surface area contributed by atoms with Gasteiger partial charge in [0.25, 0.3) is 0 Å². The normalized spacial score (nSPS) is 23.1. The highest BCUT2D eigenvalue weighted by Crippen LogP contribution is 2.37. The number of pyridine rings is 1. The second-order valence-electron chi connectivity index (χ2n) is 5.26. The molecule has 112 valence electrons. The lowest BCUT2D eigenvalue weighted by molar-refractivity contribution is -0.0291. The topological polar surface area (TPSA) is 69.4 Å². The van der Waals surface area contributed by atoms with E-state index in [-0.39, 0.29) is 6.04 Å². The minimum Gasteiger partial charge on any atom is -0.492 e. The Labute approximate surface area is 120 Å². The maximum Gasteiger partial charge on any atom is 0.137 e. The van der Waals surface area contributed by atoms with Crippen LogP contribution < -0.4 is 16.0 Å². The van der Waals surface area contributed by atoms with E-state index in [1.54, 1.807) is 6.20 Å². The van der Waals surface area contributed by atoms with Crippen molar-refractivity contribution < 1.29 is 9.47 Å². The lowest BCUT2D eigenvalue weighted by Crippen LogP contribution is -2.36. The number of aromatic nitrogens is 1. The summed E-state index contributed by atoms with van der Waals surface area (Å²) < 4.78 is 11.1. The molecule has 1 saturated carbocycles. The maximum absolute atomic E-state index is 5.70. The van der Waals surface area contributed by atoms with Crippen molar-refractivity contribution in [3.8, 4) is 5.75 Å². The van der Waals surface area contributed by atoms with Gasteiger partial charge in [-0.1, -0.05) is 0 Å². The monoisotopic (exact) mass is 279 g/mol. The van der Waals surface area contributed by atoms with Gasteiger partial charge in [-0.25, -0.2) is 0 Å². The zero-order chi connectivity index (χ0) is 14.4. The Kier molecular flexibility index (Phi) is 5.76. The fourth-order valence-corrected chi connectivity index (χ4v) is 2.74. The molecule has 0 bridgehead atoms. The van der Waals surface area contributed by atoms with E-state index < -0.39 is 0 Å². The zero-order valence-electron chi connectivity index (χ0n) is 12.3. The molecule has 1 aromatic heterocycles. The van der Waals surface area contributed by atoms with Crippen molar-refractivity contribution in [2.45, 2.75) is 45.3 Å². The van der Waals surface area contributed by atoms with Crippen molar-refractivity contribution in [3.63, 3.8) is 0 Å². The summed E-state index contributed by atoms with van der Waals surface area (Å²) in [4.78, 5) is 4.22. The van der Waals surface area contributed by atoms with E-state index in [1.165, 1.54) is 0 Å². The maximum atomic E-state index is 5.70. The summed E-state index contributed by atoms with van der Waals surface area (Å²) in [5, 5.41) is 0. The van der Waals surface area contributed by atoms with Crippen molar-refractivity contribution in [1.82, 2.24) is 10.4 Å². The Bertz CT molecular complexity index is 408. The van der Waals surface area contributed by atoms with Crippen LogP contribution in [0.2, 0.25) is 0 Å². The highest BCUT2D eigenvalue weighted by atomic mass is 16.5. The van der Waals surface area contributed by atoms with Crippen molar-refractivity contribution in [3.05, 3.63) is 24.0 Å². The molecule has 1 fully saturated rings. The minimum atomic E-state index is 0.121. The Morgan fingerprint density at radius 2 is 2.15 bits per heavy atom. The molecule has 1 aliphatic carbocycles. The number of hydrogen-bond acceptors (Lipinski definition) is 5. The van der Waals surface area contributed by atoms with Gasteiger partial charge in [-0.05, 0) is 50.7 Å². The number of ether oxygens (including phenoxy) is 2. The highest BCUT2D eigenvalue weighted by molar-refractivity contribution is 5.26. The SMILES string of the molecule is CCOc1cncc(C(CC2CC(OCC)C2)NN)c1. The van der Waals surface area contributed by atoms with Crippen LogP contribution in [0.3, 0.4) is 0 Å². The molecule has 1 aliphatic rings. The van der Waals surface area contributed by atoms with E-state index in [0.717, 1.165) is 37.2 Å². The average molecular weight is 279 g/mol. The number of nitrogens with one attached hydrogen (secondary N) is 1. The van der Waals surface area contributed by atoms with E-state index in [0.29, 0.717) is 18.6 Å². The van der Waals surface area contributed by atoms with E-state index in [9.17, 15) is 0 Å². The predicted octanol–water partition coefficient (Wildman–Crippen LogP) is 2.19. The molecule has 1 unspecified atom stereocenters. The first kappa shape index (κ1) is 15.2. The van der Waals surface area contributed by atoms with Crippen LogP contribution in [0, 0.1) is 5.92 Å². The summed E-state index contributed by atoms with van der Waals surface area (Å²) in [5.41, 5.74) is 3.98. The van der Waals surface area contributed by atoms with Crippen LogP contribution in [0.4, 0.5) is 0 Å². The molecule has 1 aromatic rings. The fourth-order valence-electron chi connectivity index (χ4n) is 2.74. The molecular formula is C15H25N3O2. The molecule has 5 heteroatoms. The Morgan fingerprint density at radius 3 is 2.80 bits per heavy atom. The molecule has 3 N–H and O–H groups in total. The predicted molar refractivity (Wildman–Crippen MR) is 78.2 cm³/mol. The van der Waals surface area contributed by atoms with Crippen molar-refractivity contribution in [1.29, 1.82) is 0 Å². The largest absolute Gasteiger partial charge is 0.492 e. The minimum absolute atomic E-state index is 0.121.